The Morgan fingerprint density at radius 2 is 1.94 bits per heavy atom. The Morgan fingerprint density at radius 1 is 1.25 bits per heavy atom. The highest BCUT2D eigenvalue weighted by Crippen LogP contribution is 2.34. The fraction of sp³-hybridized carbons (Fsp3) is 0.364. The summed E-state index contributed by atoms with van der Waals surface area (Å²) in [6.45, 7) is 1.87. The van der Waals surface area contributed by atoms with Gasteiger partial charge in [-0.15, -0.1) is 0 Å². The first-order valence-electron chi connectivity index (χ1n) is 4.84. The van der Waals surface area contributed by atoms with Gasteiger partial charge >= 0.3 is 6.03 Å². The van der Waals surface area contributed by atoms with E-state index in [2.05, 4.69) is 10.6 Å². The van der Waals surface area contributed by atoms with Crippen molar-refractivity contribution in [1.82, 2.24) is 5.32 Å². The van der Waals surface area contributed by atoms with Gasteiger partial charge < -0.3 is 20.1 Å². The summed E-state index contributed by atoms with van der Waals surface area (Å²) < 4.78 is 10.4. The largest absolute Gasteiger partial charge is 0.496 e. The molecule has 0 aliphatic heterocycles. The van der Waals surface area contributed by atoms with E-state index in [0.717, 1.165) is 11.3 Å². The summed E-state index contributed by atoms with van der Waals surface area (Å²) in [6, 6.07) is 3.23. The van der Waals surface area contributed by atoms with E-state index in [0.29, 0.717) is 11.4 Å². The minimum atomic E-state index is -0.289. The number of urea groups is 1. The van der Waals surface area contributed by atoms with Crippen LogP contribution in [0.15, 0.2) is 12.1 Å². The molecule has 5 nitrogen and oxygen atoms in total. The summed E-state index contributed by atoms with van der Waals surface area (Å²) in [4.78, 5) is 11.2. The molecule has 0 saturated carbocycles. The molecule has 1 rings (SSSR count). The Balaban J connectivity index is 3.10. The molecule has 0 aliphatic carbocycles. The van der Waals surface area contributed by atoms with Crippen molar-refractivity contribution in [1.29, 1.82) is 0 Å². The standard InChI is InChI=1S/C11H16N2O3/c1-7-9(15-3)6-5-8(10(7)16-4)13-11(14)12-2/h5-6H,1-4H3,(H2,12,13,14). The van der Waals surface area contributed by atoms with E-state index in [9.17, 15) is 4.79 Å². The molecule has 0 saturated heterocycles. The number of anilines is 1. The van der Waals surface area contributed by atoms with Gasteiger partial charge in [0.25, 0.3) is 0 Å². The second-order valence-electron chi connectivity index (χ2n) is 3.18. The number of ether oxygens (including phenoxy) is 2. The number of carbonyl (C=O) groups excluding carboxylic acids is 1. The molecule has 0 aromatic heterocycles. The second kappa shape index (κ2) is 5.25. The maximum atomic E-state index is 11.2. The van der Waals surface area contributed by atoms with Crippen molar-refractivity contribution in [3.05, 3.63) is 17.7 Å². The third kappa shape index (κ3) is 2.36. The van der Waals surface area contributed by atoms with Gasteiger partial charge in [-0.05, 0) is 19.1 Å². The molecule has 2 N–H and O–H groups in total. The minimum absolute atomic E-state index is 0.289. The van der Waals surface area contributed by atoms with Gasteiger partial charge in [0.2, 0.25) is 0 Å². The van der Waals surface area contributed by atoms with Gasteiger partial charge in [-0.25, -0.2) is 4.79 Å². The van der Waals surface area contributed by atoms with Gasteiger partial charge in [-0.2, -0.15) is 0 Å². The molecule has 16 heavy (non-hydrogen) atoms. The fourth-order valence-corrected chi connectivity index (χ4v) is 1.44. The van der Waals surface area contributed by atoms with Gasteiger partial charge in [0.15, 0.2) is 0 Å². The molecule has 0 unspecified atom stereocenters. The third-order valence-electron chi connectivity index (χ3n) is 2.26. The van der Waals surface area contributed by atoms with Gasteiger partial charge in [0, 0.05) is 12.6 Å². The zero-order valence-electron chi connectivity index (χ0n) is 9.88. The zero-order chi connectivity index (χ0) is 12.1. The number of hydrogen-bond donors (Lipinski definition) is 2. The molecule has 0 aliphatic rings. The lowest BCUT2D eigenvalue weighted by Crippen LogP contribution is -2.24. The van der Waals surface area contributed by atoms with Crippen LogP contribution in [-0.4, -0.2) is 27.3 Å². The first-order chi connectivity index (χ1) is 7.63. The number of methoxy groups -OCH3 is 2. The summed E-state index contributed by atoms with van der Waals surface area (Å²) in [5.74, 6) is 1.32. The third-order valence-corrected chi connectivity index (χ3v) is 2.26. The van der Waals surface area contributed by atoms with Gasteiger partial charge in [-0.1, -0.05) is 0 Å². The Morgan fingerprint density at radius 3 is 2.44 bits per heavy atom. The Labute approximate surface area is 94.7 Å². The van der Waals surface area contributed by atoms with E-state index in [-0.39, 0.29) is 6.03 Å². The highest BCUT2D eigenvalue weighted by Gasteiger charge is 2.12. The molecule has 5 heteroatoms. The summed E-state index contributed by atoms with van der Waals surface area (Å²) in [7, 11) is 4.70. The van der Waals surface area contributed by atoms with E-state index < -0.39 is 0 Å². The summed E-state index contributed by atoms with van der Waals surface area (Å²) >= 11 is 0. The topological polar surface area (TPSA) is 59.6 Å². The summed E-state index contributed by atoms with van der Waals surface area (Å²) in [6.07, 6.45) is 0. The van der Waals surface area contributed by atoms with Crippen LogP contribution in [0.4, 0.5) is 10.5 Å². The molecule has 0 atom stereocenters. The van der Waals surface area contributed by atoms with Crippen molar-refractivity contribution in [2.24, 2.45) is 0 Å². The molecule has 1 aromatic carbocycles. The fourth-order valence-electron chi connectivity index (χ4n) is 1.44. The highest BCUT2D eigenvalue weighted by atomic mass is 16.5. The van der Waals surface area contributed by atoms with Crippen molar-refractivity contribution in [3.63, 3.8) is 0 Å². The minimum Gasteiger partial charge on any atom is -0.496 e. The van der Waals surface area contributed by atoms with Gasteiger partial charge in [-0.3, -0.25) is 0 Å². The molecule has 0 spiro atoms. The smallest absolute Gasteiger partial charge is 0.319 e. The molecule has 0 fully saturated rings. The monoisotopic (exact) mass is 224 g/mol. The Hall–Kier alpha value is -1.91. The predicted molar refractivity (Wildman–Crippen MR) is 62.4 cm³/mol. The molecular formula is C11H16N2O3. The lowest BCUT2D eigenvalue weighted by molar-refractivity contribution is 0.254. The molecule has 0 radical (unpaired) electrons. The lowest BCUT2D eigenvalue weighted by Gasteiger charge is -2.14. The van der Waals surface area contributed by atoms with E-state index in [4.69, 9.17) is 9.47 Å². The molecular weight excluding hydrogens is 208 g/mol. The van der Waals surface area contributed by atoms with E-state index in [1.807, 2.05) is 6.92 Å². The number of hydrogen-bond acceptors (Lipinski definition) is 3. The van der Waals surface area contributed by atoms with Crippen molar-refractivity contribution in [2.75, 3.05) is 26.6 Å². The number of rotatable bonds is 3. The number of carbonyl (C=O) groups is 1. The maximum Gasteiger partial charge on any atom is 0.319 e. The first kappa shape index (κ1) is 12.2. The lowest BCUT2D eigenvalue weighted by atomic mass is 10.1. The van der Waals surface area contributed by atoms with Gasteiger partial charge in [0.05, 0.1) is 19.9 Å². The second-order valence-corrected chi connectivity index (χ2v) is 3.18. The summed E-state index contributed by atoms with van der Waals surface area (Å²) in [5.41, 5.74) is 1.46. The zero-order valence-corrected chi connectivity index (χ0v) is 9.88. The van der Waals surface area contributed by atoms with E-state index in [1.165, 1.54) is 0 Å². The number of amides is 2. The van der Waals surface area contributed by atoms with E-state index in [1.54, 1.807) is 33.4 Å². The van der Waals surface area contributed by atoms with Crippen molar-refractivity contribution >= 4 is 11.7 Å². The Bertz CT molecular complexity index is 391. The molecule has 88 valence electrons. The highest BCUT2D eigenvalue weighted by molar-refractivity contribution is 5.91. The van der Waals surface area contributed by atoms with Crippen LogP contribution in [0.5, 0.6) is 11.5 Å². The normalized spacial score (nSPS) is 9.50. The molecule has 0 heterocycles. The average Bonchev–Trinajstić information content (AvgIpc) is 2.29. The SMILES string of the molecule is CNC(=O)Nc1ccc(OC)c(C)c1OC. The van der Waals surface area contributed by atoms with Crippen LogP contribution in [0.1, 0.15) is 5.56 Å². The van der Waals surface area contributed by atoms with Crippen LogP contribution in [0.25, 0.3) is 0 Å². The molecule has 2 amide bonds. The van der Waals surface area contributed by atoms with Crippen LogP contribution in [-0.2, 0) is 0 Å². The van der Waals surface area contributed by atoms with Crippen molar-refractivity contribution in [2.45, 2.75) is 6.92 Å². The van der Waals surface area contributed by atoms with Crippen molar-refractivity contribution < 1.29 is 14.3 Å². The maximum absolute atomic E-state index is 11.2. The van der Waals surface area contributed by atoms with Crippen LogP contribution in [0, 0.1) is 6.92 Å². The number of nitrogens with one attached hydrogen (secondary N) is 2. The predicted octanol–water partition coefficient (Wildman–Crippen LogP) is 1.76. The van der Waals surface area contributed by atoms with Crippen LogP contribution in [0.2, 0.25) is 0 Å². The van der Waals surface area contributed by atoms with Crippen molar-refractivity contribution in [3.8, 4) is 11.5 Å². The van der Waals surface area contributed by atoms with Gasteiger partial charge in [0.1, 0.15) is 11.5 Å². The first-order valence-corrected chi connectivity index (χ1v) is 4.84. The average molecular weight is 224 g/mol. The van der Waals surface area contributed by atoms with E-state index >= 15 is 0 Å². The Kier molecular flexibility index (Phi) is 3.99. The van der Waals surface area contributed by atoms with Crippen LogP contribution < -0.4 is 20.1 Å². The summed E-state index contributed by atoms with van der Waals surface area (Å²) in [5, 5.41) is 5.15. The number of benzene rings is 1. The molecule has 0 bridgehead atoms. The van der Waals surface area contributed by atoms with Crippen LogP contribution >= 0.6 is 0 Å². The quantitative estimate of drug-likeness (QED) is 0.822. The molecule has 1 aromatic rings. The van der Waals surface area contributed by atoms with Crippen LogP contribution in [0.3, 0.4) is 0 Å².